The van der Waals surface area contributed by atoms with Crippen LogP contribution in [0.5, 0.6) is 11.5 Å². The van der Waals surface area contributed by atoms with Gasteiger partial charge in [-0.2, -0.15) is 0 Å². The molecule has 0 heterocycles. The highest BCUT2D eigenvalue weighted by atomic mass is 16.7. The van der Waals surface area contributed by atoms with Crippen LogP contribution in [0.25, 0.3) is 21.9 Å². The van der Waals surface area contributed by atoms with E-state index in [0.717, 1.165) is 27.5 Å². The summed E-state index contributed by atoms with van der Waals surface area (Å²) < 4.78 is 10.9. The first-order valence-electron chi connectivity index (χ1n) is 8.75. The number of rotatable bonds is 3. The number of hydrogen-bond donors (Lipinski definition) is 0. The topological polar surface area (TPSA) is 35.5 Å². The first kappa shape index (κ1) is 16.9. The van der Waals surface area contributed by atoms with Crippen LogP contribution in [0.2, 0.25) is 0 Å². The molecule has 0 saturated heterocycles. The molecule has 4 aromatic rings. The summed E-state index contributed by atoms with van der Waals surface area (Å²) in [6.07, 6.45) is -0.753. The lowest BCUT2D eigenvalue weighted by Gasteiger charge is -2.13. The molecule has 0 aliphatic rings. The van der Waals surface area contributed by atoms with E-state index < -0.39 is 6.16 Å². The van der Waals surface area contributed by atoms with Crippen LogP contribution in [0.4, 0.5) is 4.79 Å². The van der Waals surface area contributed by atoms with E-state index in [0.29, 0.717) is 11.5 Å². The quantitative estimate of drug-likeness (QED) is 0.316. The van der Waals surface area contributed by atoms with Crippen molar-refractivity contribution in [2.45, 2.75) is 6.92 Å². The van der Waals surface area contributed by atoms with E-state index in [2.05, 4.69) is 18.2 Å². The molecular weight excluding hydrogens is 336 g/mol. The minimum absolute atomic E-state index is 0.465. The Balaban J connectivity index is 1.67. The summed E-state index contributed by atoms with van der Waals surface area (Å²) in [5, 5.41) is 2.23. The Hall–Kier alpha value is -3.59. The Labute approximate surface area is 157 Å². The third-order valence-electron chi connectivity index (χ3n) is 4.45. The van der Waals surface area contributed by atoms with Gasteiger partial charge < -0.3 is 9.47 Å². The van der Waals surface area contributed by atoms with Gasteiger partial charge in [-0.05, 0) is 41.0 Å². The largest absolute Gasteiger partial charge is 0.519 e. The molecular formula is C24H18O3. The maximum Gasteiger partial charge on any atom is 0.519 e. The van der Waals surface area contributed by atoms with Crippen molar-refractivity contribution in [3.63, 3.8) is 0 Å². The fourth-order valence-corrected chi connectivity index (χ4v) is 3.11. The molecule has 4 rings (SSSR count). The normalized spacial score (nSPS) is 10.6. The summed E-state index contributed by atoms with van der Waals surface area (Å²) >= 11 is 0. The third kappa shape index (κ3) is 3.53. The van der Waals surface area contributed by atoms with Crippen molar-refractivity contribution in [2.24, 2.45) is 0 Å². The number of carbonyl (C=O) groups is 1. The maximum absolute atomic E-state index is 12.3. The van der Waals surface area contributed by atoms with E-state index in [9.17, 15) is 4.79 Å². The lowest BCUT2D eigenvalue weighted by Crippen LogP contribution is -2.14. The van der Waals surface area contributed by atoms with Crippen LogP contribution in [0.15, 0.2) is 91.0 Å². The first-order chi connectivity index (χ1) is 13.2. The molecule has 0 atom stereocenters. The van der Waals surface area contributed by atoms with Crippen LogP contribution >= 0.6 is 0 Å². The number of fused-ring (bicyclic) bond motifs is 1. The Bertz CT molecular complexity index is 1110. The molecule has 0 fully saturated rings. The highest BCUT2D eigenvalue weighted by molar-refractivity contribution is 5.98. The van der Waals surface area contributed by atoms with Gasteiger partial charge in [0, 0.05) is 5.56 Å². The van der Waals surface area contributed by atoms with E-state index in [-0.39, 0.29) is 0 Å². The van der Waals surface area contributed by atoms with Crippen molar-refractivity contribution in [1.29, 1.82) is 0 Å². The summed E-state index contributed by atoms with van der Waals surface area (Å²) in [5.41, 5.74) is 2.72. The number of para-hydroxylation sites is 2. The predicted octanol–water partition coefficient (Wildman–Crippen LogP) is 6.39. The molecule has 3 heteroatoms. The average molecular weight is 354 g/mol. The van der Waals surface area contributed by atoms with Gasteiger partial charge in [0.25, 0.3) is 0 Å². The second kappa shape index (κ2) is 7.34. The molecule has 0 spiro atoms. The molecule has 4 aromatic carbocycles. The lowest BCUT2D eigenvalue weighted by atomic mass is 9.98. The van der Waals surface area contributed by atoms with Gasteiger partial charge in [-0.15, -0.1) is 0 Å². The van der Waals surface area contributed by atoms with Crippen molar-refractivity contribution in [2.75, 3.05) is 0 Å². The molecule has 0 N–H and O–H groups in total. The van der Waals surface area contributed by atoms with Gasteiger partial charge in [0.1, 0.15) is 11.5 Å². The highest BCUT2D eigenvalue weighted by Crippen LogP contribution is 2.35. The van der Waals surface area contributed by atoms with Crippen molar-refractivity contribution in [1.82, 2.24) is 0 Å². The molecule has 132 valence electrons. The molecule has 0 aliphatic heterocycles. The fraction of sp³-hybridized carbons (Fsp3) is 0.0417. The Kier molecular flexibility index (Phi) is 4.58. The summed E-state index contributed by atoms with van der Waals surface area (Å²) in [7, 11) is 0. The van der Waals surface area contributed by atoms with Crippen molar-refractivity contribution < 1.29 is 14.3 Å². The zero-order valence-corrected chi connectivity index (χ0v) is 14.9. The molecule has 0 unspecified atom stereocenters. The van der Waals surface area contributed by atoms with E-state index in [1.165, 1.54) is 0 Å². The van der Waals surface area contributed by atoms with Crippen LogP contribution < -0.4 is 9.47 Å². The number of hydrogen-bond acceptors (Lipinski definition) is 3. The van der Waals surface area contributed by atoms with Gasteiger partial charge in [-0.25, -0.2) is 4.79 Å². The SMILES string of the molecule is Cc1ccccc1OC(=O)Oc1ccccc1-c1cccc2ccccc12. The minimum Gasteiger partial charge on any atom is -0.394 e. The van der Waals surface area contributed by atoms with E-state index in [1.54, 1.807) is 12.1 Å². The smallest absolute Gasteiger partial charge is 0.394 e. The predicted molar refractivity (Wildman–Crippen MR) is 107 cm³/mol. The molecule has 27 heavy (non-hydrogen) atoms. The van der Waals surface area contributed by atoms with E-state index >= 15 is 0 Å². The van der Waals surface area contributed by atoms with Crippen molar-refractivity contribution in [3.8, 4) is 22.6 Å². The summed E-state index contributed by atoms with van der Waals surface area (Å²) in [6, 6.07) is 29.0. The van der Waals surface area contributed by atoms with E-state index in [4.69, 9.17) is 9.47 Å². The van der Waals surface area contributed by atoms with Crippen LogP contribution in [0.1, 0.15) is 5.56 Å². The number of ether oxygens (including phenoxy) is 2. The molecule has 3 nitrogen and oxygen atoms in total. The van der Waals surface area contributed by atoms with Gasteiger partial charge in [-0.3, -0.25) is 0 Å². The van der Waals surface area contributed by atoms with Gasteiger partial charge >= 0.3 is 6.16 Å². The Morgan fingerprint density at radius 3 is 2.07 bits per heavy atom. The van der Waals surface area contributed by atoms with Crippen molar-refractivity contribution in [3.05, 3.63) is 96.6 Å². The average Bonchev–Trinajstić information content (AvgIpc) is 2.70. The Morgan fingerprint density at radius 1 is 0.630 bits per heavy atom. The van der Waals surface area contributed by atoms with Crippen LogP contribution in [0, 0.1) is 6.92 Å². The fourth-order valence-electron chi connectivity index (χ4n) is 3.11. The molecule has 0 amide bonds. The van der Waals surface area contributed by atoms with Gasteiger partial charge in [0.15, 0.2) is 0 Å². The zero-order chi connectivity index (χ0) is 18.6. The summed E-state index contributed by atoms with van der Waals surface area (Å²) in [4.78, 5) is 12.3. The van der Waals surface area contributed by atoms with Crippen LogP contribution in [-0.2, 0) is 0 Å². The first-order valence-corrected chi connectivity index (χ1v) is 8.75. The molecule has 0 aliphatic carbocycles. The number of aryl methyl sites for hydroxylation is 1. The number of carbonyl (C=O) groups excluding carboxylic acids is 1. The minimum atomic E-state index is -0.753. The summed E-state index contributed by atoms with van der Waals surface area (Å²) in [5.74, 6) is 0.956. The van der Waals surface area contributed by atoms with E-state index in [1.807, 2.05) is 67.6 Å². The van der Waals surface area contributed by atoms with Gasteiger partial charge in [0.2, 0.25) is 0 Å². The Morgan fingerprint density at radius 2 is 1.22 bits per heavy atom. The monoisotopic (exact) mass is 354 g/mol. The second-order valence-electron chi connectivity index (χ2n) is 6.24. The molecule has 0 bridgehead atoms. The zero-order valence-electron chi connectivity index (χ0n) is 14.9. The van der Waals surface area contributed by atoms with Gasteiger partial charge in [0.05, 0.1) is 0 Å². The second-order valence-corrected chi connectivity index (χ2v) is 6.24. The highest BCUT2D eigenvalue weighted by Gasteiger charge is 2.14. The molecule has 0 radical (unpaired) electrons. The maximum atomic E-state index is 12.3. The standard InChI is InChI=1S/C24H18O3/c1-17-9-2-6-15-22(17)26-24(25)27-23-16-7-5-13-21(23)20-14-8-11-18-10-3-4-12-19(18)20/h2-16H,1H3. The van der Waals surface area contributed by atoms with Crippen LogP contribution in [0.3, 0.4) is 0 Å². The van der Waals surface area contributed by atoms with Crippen LogP contribution in [-0.4, -0.2) is 6.16 Å². The molecule has 0 saturated carbocycles. The van der Waals surface area contributed by atoms with Gasteiger partial charge in [-0.1, -0.05) is 78.9 Å². The third-order valence-corrected chi connectivity index (χ3v) is 4.45. The summed E-state index contributed by atoms with van der Waals surface area (Å²) in [6.45, 7) is 1.88. The number of benzene rings is 4. The lowest BCUT2D eigenvalue weighted by molar-refractivity contribution is 0.152. The molecule has 0 aromatic heterocycles. The van der Waals surface area contributed by atoms with Crippen molar-refractivity contribution >= 4 is 16.9 Å².